The average molecular weight is 573 g/mol. The Morgan fingerprint density at radius 1 is 0.463 bits per heavy atom. The van der Waals surface area contributed by atoms with Crippen LogP contribution >= 0.6 is 0 Å². The van der Waals surface area contributed by atoms with E-state index in [0.29, 0.717) is 19.3 Å². The van der Waals surface area contributed by atoms with Crippen LogP contribution in [0.5, 0.6) is 11.5 Å². The molecule has 4 aromatic carbocycles. The van der Waals surface area contributed by atoms with E-state index in [2.05, 4.69) is 0 Å². The first-order valence-corrected chi connectivity index (χ1v) is 12.5. The van der Waals surface area contributed by atoms with E-state index in [1.165, 1.54) is 36.4 Å². The Balaban J connectivity index is 1.19. The minimum absolute atomic E-state index is 0.00174. The summed E-state index contributed by atoms with van der Waals surface area (Å²) in [6, 6.07) is 13.1. The van der Waals surface area contributed by atoms with Crippen molar-refractivity contribution in [2.45, 2.75) is 32.1 Å². The molecule has 0 atom stereocenters. The Hall–Kier alpha value is -4.60. The number of unbranched alkanes of at least 4 members (excludes halogenated alkanes) is 2. The van der Waals surface area contributed by atoms with Crippen molar-refractivity contribution >= 4 is 11.9 Å². The van der Waals surface area contributed by atoms with Crippen LogP contribution in [0.4, 0.5) is 26.3 Å². The maximum absolute atomic E-state index is 14.5. The van der Waals surface area contributed by atoms with Crippen molar-refractivity contribution < 1.29 is 45.4 Å². The maximum atomic E-state index is 14.5. The van der Waals surface area contributed by atoms with Gasteiger partial charge in [0.2, 0.25) is 0 Å². The number of ether oxygens (including phenoxy) is 2. The maximum Gasteiger partial charge on any atom is 0.311 e. The van der Waals surface area contributed by atoms with E-state index >= 15 is 0 Å². The summed E-state index contributed by atoms with van der Waals surface area (Å²) in [5, 5.41) is 0. The number of hydrogen-bond acceptors (Lipinski definition) is 4. The van der Waals surface area contributed by atoms with Gasteiger partial charge >= 0.3 is 11.9 Å². The zero-order valence-electron chi connectivity index (χ0n) is 21.4. The van der Waals surface area contributed by atoms with Gasteiger partial charge in [0.15, 0.2) is 23.3 Å². The summed E-state index contributed by atoms with van der Waals surface area (Å²) in [5.41, 5.74) is 0.276. The zero-order chi connectivity index (χ0) is 29.5. The molecule has 0 aliphatic heterocycles. The third-order valence-electron chi connectivity index (χ3n) is 6.07. The van der Waals surface area contributed by atoms with Crippen LogP contribution in [0, 0.1) is 34.9 Å². The molecule has 0 bridgehead atoms. The molecule has 0 radical (unpaired) electrons. The minimum Gasteiger partial charge on any atom is -0.426 e. The molecule has 0 N–H and O–H groups in total. The molecule has 0 saturated heterocycles. The largest absolute Gasteiger partial charge is 0.426 e. The van der Waals surface area contributed by atoms with Crippen molar-refractivity contribution in [3.63, 3.8) is 0 Å². The highest BCUT2D eigenvalue weighted by molar-refractivity contribution is 5.74. The molecule has 4 rings (SSSR count). The SMILES string of the molecule is O=C(CCCCCC(=O)Oc1ccc(-c2ccc(F)c(F)c2)c(F)c1)Oc1ccc(-c2ccc(F)c(F)c2)c(F)c1. The van der Waals surface area contributed by atoms with Crippen LogP contribution in [0.15, 0.2) is 72.8 Å². The number of carbonyl (C=O) groups is 2. The third-order valence-corrected chi connectivity index (χ3v) is 6.07. The second kappa shape index (κ2) is 13.2. The molecule has 212 valence electrons. The van der Waals surface area contributed by atoms with Crippen molar-refractivity contribution in [2.75, 3.05) is 0 Å². The van der Waals surface area contributed by atoms with Gasteiger partial charge in [0.1, 0.15) is 23.1 Å². The van der Waals surface area contributed by atoms with E-state index in [-0.39, 0.29) is 46.6 Å². The van der Waals surface area contributed by atoms with Gasteiger partial charge in [-0.3, -0.25) is 9.59 Å². The van der Waals surface area contributed by atoms with Gasteiger partial charge in [-0.2, -0.15) is 0 Å². The summed E-state index contributed by atoms with van der Waals surface area (Å²) in [5.74, 6) is -7.24. The van der Waals surface area contributed by atoms with Gasteiger partial charge in [0.25, 0.3) is 0 Å². The average Bonchev–Trinajstić information content (AvgIpc) is 2.92. The molecule has 0 aliphatic rings. The molecule has 0 aromatic heterocycles. The van der Waals surface area contributed by atoms with Crippen molar-refractivity contribution in [1.29, 1.82) is 0 Å². The number of hydrogen-bond donors (Lipinski definition) is 0. The Morgan fingerprint density at radius 2 is 0.878 bits per heavy atom. The summed E-state index contributed by atoms with van der Waals surface area (Å²) in [7, 11) is 0. The topological polar surface area (TPSA) is 52.6 Å². The number of carbonyl (C=O) groups excluding carboxylic acids is 2. The smallest absolute Gasteiger partial charge is 0.311 e. The predicted octanol–water partition coefficient (Wildman–Crippen LogP) is 8.32. The lowest BCUT2D eigenvalue weighted by Gasteiger charge is -2.09. The second-order valence-electron chi connectivity index (χ2n) is 9.05. The molecule has 41 heavy (non-hydrogen) atoms. The lowest BCUT2D eigenvalue weighted by Crippen LogP contribution is -2.09. The van der Waals surface area contributed by atoms with E-state index in [4.69, 9.17) is 9.47 Å². The number of benzene rings is 4. The van der Waals surface area contributed by atoms with Crippen molar-refractivity contribution in [3.8, 4) is 33.8 Å². The van der Waals surface area contributed by atoms with Crippen LogP contribution in [-0.2, 0) is 9.59 Å². The van der Waals surface area contributed by atoms with Gasteiger partial charge in [0, 0.05) is 36.1 Å². The van der Waals surface area contributed by atoms with Crippen LogP contribution in [-0.4, -0.2) is 11.9 Å². The molecule has 10 heteroatoms. The highest BCUT2D eigenvalue weighted by atomic mass is 19.2. The van der Waals surface area contributed by atoms with Gasteiger partial charge in [-0.1, -0.05) is 18.6 Å². The summed E-state index contributed by atoms with van der Waals surface area (Å²) in [6.45, 7) is 0. The Morgan fingerprint density at radius 3 is 1.24 bits per heavy atom. The van der Waals surface area contributed by atoms with Crippen LogP contribution in [0.2, 0.25) is 0 Å². The van der Waals surface area contributed by atoms with Crippen LogP contribution < -0.4 is 9.47 Å². The lowest BCUT2D eigenvalue weighted by atomic mass is 10.0. The van der Waals surface area contributed by atoms with E-state index < -0.39 is 46.8 Å². The van der Waals surface area contributed by atoms with Crippen LogP contribution in [0.1, 0.15) is 32.1 Å². The molecule has 0 saturated carbocycles. The van der Waals surface area contributed by atoms with Gasteiger partial charge in [-0.05, 0) is 72.5 Å². The van der Waals surface area contributed by atoms with Crippen LogP contribution in [0.3, 0.4) is 0 Å². The standard InChI is InChI=1S/C31H22F6O4/c32-24-12-6-18(14-28(24)36)22-10-8-20(16-26(22)34)40-30(38)4-2-1-3-5-31(39)41-21-9-11-23(27(35)17-21)19-7-13-25(33)29(37)15-19/h6-17H,1-5H2. The van der Waals surface area contributed by atoms with Crippen molar-refractivity contribution in [2.24, 2.45) is 0 Å². The van der Waals surface area contributed by atoms with E-state index in [1.807, 2.05) is 0 Å². The highest BCUT2D eigenvalue weighted by Gasteiger charge is 2.14. The predicted molar refractivity (Wildman–Crippen MR) is 138 cm³/mol. The molecule has 4 aromatic rings. The summed E-state index contributed by atoms with van der Waals surface area (Å²) >= 11 is 0. The Kier molecular flexibility index (Phi) is 9.44. The van der Waals surface area contributed by atoms with Crippen LogP contribution in [0.25, 0.3) is 22.3 Å². The molecular formula is C31H22F6O4. The quantitative estimate of drug-likeness (QED) is 0.0830. The number of rotatable bonds is 10. The first-order chi connectivity index (χ1) is 19.6. The monoisotopic (exact) mass is 572 g/mol. The van der Waals surface area contributed by atoms with E-state index in [1.54, 1.807) is 0 Å². The lowest BCUT2D eigenvalue weighted by molar-refractivity contribution is -0.134. The fourth-order valence-corrected chi connectivity index (χ4v) is 3.99. The normalized spacial score (nSPS) is 10.9. The van der Waals surface area contributed by atoms with Gasteiger partial charge in [-0.15, -0.1) is 0 Å². The highest BCUT2D eigenvalue weighted by Crippen LogP contribution is 2.29. The number of esters is 2. The number of halogens is 6. The van der Waals surface area contributed by atoms with Crippen molar-refractivity contribution in [1.82, 2.24) is 0 Å². The van der Waals surface area contributed by atoms with Crippen molar-refractivity contribution in [3.05, 3.63) is 108 Å². The molecule has 0 unspecified atom stereocenters. The first kappa shape index (κ1) is 29.4. The second-order valence-corrected chi connectivity index (χ2v) is 9.05. The molecule has 0 heterocycles. The molecule has 4 nitrogen and oxygen atoms in total. The van der Waals surface area contributed by atoms with E-state index in [9.17, 15) is 35.9 Å². The fourth-order valence-electron chi connectivity index (χ4n) is 3.99. The third kappa shape index (κ3) is 7.75. The Labute approximate surface area is 231 Å². The first-order valence-electron chi connectivity index (χ1n) is 12.5. The summed E-state index contributed by atoms with van der Waals surface area (Å²) < 4.78 is 92.3. The molecule has 0 fully saturated rings. The molecule has 0 spiro atoms. The van der Waals surface area contributed by atoms with Gasteiger partial charge in [-0.25, -0.2) is 26.3 Å². The van der Waals surface area contributed by atoms with Gasteiger partial charge < -0.3 is 9.47 Å². The molecule has 0 aliphatic carbocycles. The molecular weight excluding hydrogens is 550 g/mol. The minimum atomic E-state index is -1.12. The fraction of sp³-hybridized carbons (Fsp3) is 0.161. The van der Waals surface area contributed by atoms with E-state index in [0.717, 1.165) is 36.4 Å². The summed E-state index contributed by atoms with van der Waals surface area (Å²) in [4.78, 5) is 24.2. The van der Waals surface area contributed by atoms with Gasteiger partial charge in [0.05, 0.1) is 0 Å². The zero-order valence-corrected chi connectivity index (χ0v) is 21.4. The Bertz CT molecular complexity index is 1470. The summed E-state index contributed by atoms with van der Waals surface area (Å²) in [6.07, 6.45) is 1.21. The molecule has 0 amide bonds.